The summed E-state index contributed by atoms with van der Waals surface area (Å²) in [6.07, 6.45) is 3.58. The van der Waals surface area contributed by atoms with Gasteiger partial charge in [-0.3, -0.25) is 4.79 Å². The first-order valence-corrected chi connectivity index (χ1v) is 5.52. The van der Waals surface area contributed by atoms with Crippen LogP contribution in [0, 0.1) is 6.92 Å². The Balaban J connectivity index is 2.41. The number of hydrogen-bond donors (Lipinski definition) is 1. The molecule has 0 aliphatic rings. The third-order valence-corrected chi connectivity index (χ3v) is 2.55. The average Bonchev–Trinajstić information content (AvgIpc) is 2.35. The molecule has 5 nitrogen and oxygen atoms in total. The highest BCUT2D eigenvalue weighted by Crippen LogP contribution is 2.12. The van der Waals surface area contributed by atoms with E-state index in [2.05, 4.69) is 15.0 Å². The molecule has 0 amide bonds. The van der Waals surface area contributed by atoms with Crippen molar-refractivity contribution < 1.29 is 0 Å². The van der Waals surface area contributed by atoms with E-state index in [9.17, 15) is 4.79 Å². The van der Waals surface area contributed by atoms with Crippen LogP contribution in [0.2, 0.25) is 0 Å². The molecule has 0 unspecified atom stereocenters. The third-order valence-electron chi connectivity index (χ3n) is 2.55. The molecule has 90 valence electrons. The van der Waals surface area contributed by atoms with Crippen LogP contribution >= 0.6 is 0 Å². The first-order chi connectivity index (χ1) is 8.70. The molecule has 2 aromatic rings. The monoisotopic (exact) mass is 240 g/mol. The lowest BCUT2D eigenvalue weighted by atomic mass is 10.1. The minimum atomic E-state index is 0.00606. The van der Waals surface area contributed by atoms with Gasteiger partial charge in [-0.25, -0.2) is 0 Å². The van der Waals surface area contributed by atoms with Gasteiger partial charge in [0.2, 0.25) is 0 Å². The van der Waals surface area contributed by atoms with E-state index >= 15 is 0 Å². The number of pyridine rings is 1. The van der Waals surface area contributed by atoms with E-state index in [4.69, 9.17) is 5.53 Å². The highest BCUT2D eigenvalue weighted by atomic mass is 16.1. The molecule has 18 heavy (non-hydrogen) atoms. The fraction of sp³-hybridized carbons (Fsp3) is 0.154. The van der Waals surface area contributed by atoms with Crippen molar-refractivity contribution >= 4 is 17.0 Å². The van der Waals surface area contributed by atoms with Crippen LogP contribution in [0.3, 0.4) is 0 Å². The van der Waals surface area contributed by atoms with Gasteiger partial charge in [0, 0.05) is 34.1 Å². The Bertz CT molecular complexity index is 708. The molecule has 0 atom stereocenters. The van der Waals surface area contributed by atoms with Gasteiger partial charge in [-0.15, -0.1) is 0 Å². The summed E-state index contributed by atoms with van der Waals surface area (Å²) in [4.78, 5) is 17.6. The van der Waals surface area contributed by atoms with Gasteiger partial charge in [0.25, 0.3) is 0 Å². The van der Waals surface area contributed by atoms with Crippen molar-refractivity contribution in [3.63, 3.8) is 0 Å². The maximum absolute atomic E-state index is 11.8. The Kier molecular flexibility index (Phi) is 3.46. The van der Waals surface area contributed by atoms with Crippen LogP contribution in [0.1, 0.15) is 11.3 Å². The average molecular weight is 240 g/mol. The maximum atomic E-state index is 11.8. The first-order valence-electron chi connectivity index (χ1n) is 5.52. The number of H-pyrrole nitrogens is 1. The minimum absolute atomic E-state index is 0.00606. The Hall–Kier alpha value is -2.52. The van der Waals surface area contributed by atoms with Gasteiger partial charge < -0.3 is 4.98 Å². The molecule has 0 aliphatic carbocycles. The molecule has 5 heteroatoms. The lowest BCUT2D eigenvalue weighted by Crippen LogP contribution is -2.02. The number of azide groups is 1. The predicted octanol–water partition coefficient (Wildman–Crippen LogP) is 3.16. The van der Waals surface area contributed by atoms with Crippen LogP contribution in [-0.2, 0) is 0 Å². The van der Waals surface area contributed by atoms with E-state index in [1.807, 2.05) is 31.2 Å². The van der Waals surface area contributed by atoms with E-state index < -0.39 is 0 Å². The van der Waals surface area contributed by atoms with Crippen molar-refractivity contribution in [1.82, 2.24) is 4.98 Å². The van der Waals surface area contributed by atoms with Crippen LogP contribution < -0.4 is 5.43 Å². The maximum Gasteiger partial charge on any atom is 0.189 e. The third kappa shape index (κ3) is 2.59. The zero-order valence-corrected chi connectivity index (χ0v) is 9.92. The summed E-state index contributed by atoms with van der Waals surface area (Å²) in [5.74, 6) is 0. The summed E-state index contributed by atoms with van der Waals surface area (Å²) < 4.78 is 0. The topological polar surface area (TPSA) is 81.6 Å². The summed E-state index contributed by atoms with van der Waals surface area (Å²) in [5, 5.41) is 4.06. The van der Waals surface area contributed by atoms with Crippen LogP contribution in [0.5, 0.6) is 0 Å². The van der Waals surface area contributed by atoms with Gasteiger partial charge in [0.15, 0.2) is 5.43 Å². The van der Waals surface area contributed by atoms with Gasteiger partial charge in [0.1, 0.15) is 0 Å². The van der Waals surface area contributed by atoms with E-state index in [1.54, 1.807) is 12.1 Å². The molecule has 0 aliphatic heterocycles. The van der Waals surface area contributed by atoms with E-state index in [0.717, 1.165) is 16.8 Å². The van der Waals surface area contributed by atoms with Crippen molar-refractivity contribution in [3.05, 3.63) is 62.3 Å². The van der Waals surface area contributed by atoms with Gasteiger partial charge in [-0.2, -0.15) is 0 Å². The van der Waals surface area contributed by atoms with Crippen LogP contribution in [-0.4, -0.2) is 11.5 Å². The highest BCUT2D eigenvalue weighted by molar-refractivity contribution is 5.81. The second-order valence-electron chi connectivity index (χ2n) is 3.94. The number of hydrogen-bond acceptors (Lipinski definition) is 2. The SMILES string of the molecule is Cc1cc(=O)c2cc(C=CCN=[N+]=[N-])ccc2[nH]1. The number of rotatable bonds is 3. The van der Waals surface area contributed by atoms with Crippen molar-refractivity contribution in [2.75, 3.05) is 6.54 Å². The number of aromatic nitrogens is 1. The normalized spacial score (nSPS) is 10.7. The standard InChI is InChI=1S/C13H12N4O/c1-9-7-13(18)11-8-10(3-2-6-15-17-14)4-5-12(11)16-9/h2-5,7-8H,6H2,1H3,(H,16,18). The predicted molar refractivity (Wildman–Crippen MR) is 72.4 cm³/mol. The molecule has 1 aromatic heterocycles. The van der Waals surface area contributed by atoms with Crippen LogP contribution in [0.4, 0.5) is 0 Å². The number of benzene rings is 1. The number of aryl methyl sites for hydroxylation is 1. The number of fused-ring (bicyclic) bond motifs is 1. The zero-order valence-electron chi connectivity index (χ0n) is 9.92. The van der Waals surface area contributed by atoms with Gasteiger partial charge in [0.05, 0.1) is 0 Å². The largest absolute Gasteiger partial charge is 0.358 e. The van der Waals surface area contributed by atoms with Crippen molar-refractivity contribution in [1.29, 1.82) is 0 Å². The molecule has 1 heterocycles. The summed E-state index contributed by atoms with van der Waals surface area (Å²) in [6, 6.07) is 7.18. The molecule has 0 fully saturated rings. The molecular weight excluding hydrogens is 228 g/mol. The summed E-state index contributed by atoms with van der Waals surface area (Å²) in [7, 11) is 0. The second-order valence-corrected chi connectivity index (χ2v) is 3.94. The minimum Gasteiger partial charge on any atom is -0.358 e. The van der Waals surface area contributed by atoms with E-state index in [0.29, 0.717) is 11.9 Å². The van der Waals surface area contributed by atoms with Gasteiger partial charge in [-0.05, 0) is 30.2 Å². The lowest BCUT2D eigenvalue weighted by molar-refractivity contribution is 1.22. The van der Waals surface area contributed by atoms with Crippen molar-refractivity contribution in [3.8, 4) is 0 Å². The highest BCUT2D eigenvalue weighted by Gasteiger charge is 1.99. The zero-order chi connectivity index (χ0) is 13.0. The quantitative estimate of drug-likeness (QED) is 0.499. The lowest BCUT2D eigenvalue weighted by Gasteiger charge is -2.01. The Labute approximate surface area is 103 Å². The molecule has 0 bridgehead atoms. The summed E-state index contributed by atoms with van der Waals surface area (Å²) >= 11 is 0. The van der Waals surface area contributed by atoms with E-state index in [-0.39, 0.29) is 5.43 Å². The number of nitrogens with zero attached hydrogens (tertiary/aromatic N) is 3. The Morgan fingerprint density at radius 1 is 1.44 bits per heavy atom. The molecule has 0 saturated heterocycles. The molecule has 1 aromatic carbocycles. The molecular formula is C13H12N4O. The number of nitrogens with one attached hydrogen (secondary N) is 1. The molecule has 0 spiro atoms. The fourth-order valence-corrected chi connectivity index (χ4v) is 1.77. The van der Waals surface area contributed by atoms with Crippen LogP contribution in [0.15, 0.2) is 40.3 Å². The Morgan fingerprint density at radius 2 is 2.28 bits per heavy atom. The second kappa shape index (κ2) is 5.21. The molecule has 0 saturated carbocycles. The Morgan fingerprint density at radius 3 is 3.06 bits per heavy atom. The first kappa shape index (κ1) is 12.0. The summed E-state index contributed by atoms with van der Waals surface area (Å²) in [6.45, 7) is 2.16. The molecule has 0 radical (unpaired) electrons. The summed E-state index contributed by atoms with van der Waals surface area (Å²) in [5.41, 5.74) is 10.7. The van der Waals surface area contributed by atoms with Crippen LogP contribution in [0.25, 0.3) is 27.4 Å². The molecule has 2 rings (SSSR count). The van der Waals surface area contributed by atoms with E-state index in [1.165, 1.54) is 0 Å². The smallest absolute Gasteiger partial charge is 0.189 e. The number of aromatic amines is 1. The molecule has 1 N–H and O–H groups in total. The van der Waals surface area contributed by atoms with Gasteiger partial charge in [-0.1, -0.05) is 23.3 Å². The van der Waals surface area contributed by atoms with Crippen molar-refractivity contribution in [2.24, 2.45) is 5.11 Å². The van der Waals surface area contributed by atoms with Gasteiger partial charge >= 0.3 is 0 Å². The van der Waals surface area contributed by atoms with Crippen molar-refractivity contribution in [2.45, 2.75) is 6.92 Å². The fourth-order valence-electron chi connectivity index (χ4n) is 1.77.